The smallest absolute Gasteiger partial charge is 0.321 e. The van der Waals surface area contributed by atoms with Gasteiger partial charge in [0.25, 0.3) is 0 Å². The van der Waals surface area contributed by atoms with Crippen LogP contribution < -0.4 is 5.73 Å². The summed E-state index contributed by atoms with van der Waals surface area (Å²) in [6, 6.07) is 1.78. The third-order valence-electron chi connectivity index (χ3n) is 2.67. The SMILES string of the molecule is Cc1c(Br)ccc(F)c1C(C)[C@H](N)C(=O)O. The Morgan fingerprint density at radius 2 is 2.12 bits per heavy atom. The average Bonchev–Trinajstić information content (AvgIpc) is 2.22. The van der Waals surface area contributed by atoms with Crippen LogP contribution in [0.2, 0.25) is 0 Å². The van der Waals surface area contributed by atoms with Gasteiger partial charge in [-0.2, -0.15) is 0 Å². The monoisotopic (exact) mass is 289 g/mol. The van der Waals surface area contributed by atoms with Crippen molar-refractivity contribution >= 4 is 21.9 Å². The molecule has 0 aromatic heterocycles. The Hall–Kier alpha value is -0.940. The first kappa shape index (κ1) is 13.1. The predicted molar refractivity (Wildman–Crippen MR) is 62.9 cm³/mol. The van der Waals surface area contributed by atoms with Crippen LogP contribution in [-0.4, -0.2) is 17.1 Å². The molecule has 0 radical (unpaired) electrons. The van der Waals surface area contributed by atoms with E-state index in [-0.39, 0.29) is 0 Å². The van der Waals surface area contributed by atoms with E-state index in [2.05, 4.69) is 15.9 Å². The Bertz CT molecular complexity index is 423. The van der Waals surface area contributed by atoms with Gasteiger partial charge >= 0.3 is 5.97 Å². The molecule has 1 rings (SSSR count). The number of aliphatic carboxylic acids is 1. The van der Waals surface area contributed by atoms with Gasteiger partial charge < -0.3 is 10.8 Å². The predicted octanol–water partition coefficient (Wildman–Crippen LogP) is 2.41. The minimum absolute atomic E-state index is 0.351. The van der Waals surface area contributed by atoms with Crippen molar-refractivity contribution in [2.75, 3.05) is 0 Å². The van der Waals surface area contributed by atoms with Crippen LogP contribution in [0.5, 0.6) is 0 Å². The largest absolute Gasteiger partial charge is 0.480 e. The van der Waals surface area contributed by atoms with Crippen LogP contribution in [0.4, 0.5) is 4.39 Å². The molecule has 0 saturated heterocycles. The lowest BCUT2D eigenvalue weighted by Gasteiger charge is -2.19. The van der Waals surface area contributed by atoms with Gasteiger partial charge in [0, 0.05) is 10.4 Å². The van der Waals surface area contributed by atoms with E-state index in [4.69, 9.17) is 10.8 Å². The molecule has 0 aliphatic heterocycles. The summed E-state index contributed by atoms with van der Waals surface area (Å²) in [5.74, 6) is -2.13. The fraction of sp³-hybridized carbons (Fsp3) is 0.364. The summed E-state index contributed by atoms with van der Waals surface area (Å²) in [5.41, 5.74) is 6.53. The Labute approximate surface area is 102 Å². The highest BCUT2D eigenvalue weighted by Gasteiger charge is 2.26. The number of carbonyl (C=O) groups is 1. The van der Waals surface area contributed by atoms with E-state index < -0.39 is 23.7 Å². The second kappa shape index (κ2) is 4.93. The maximum atomic E-state index is 13.6. The molecule has 0 heterocycles. The molecule has 3 N–H and O–H groups in total. The van der Waals surface area contributed by atoms with Crippen molar-refractivity contribution in [2.24, 2.45) is 5.73 Å². The fourth-order valence-corrected chi connectivity index (χ4v) is 1.97. The lowest BCUT2D eigenvalue weighted by Crippen LogP contribution is -2.36. The maximum Gasteiger partial charge on any atom is 0.321 e. The van der Waals surface area contributed by atoms with Gasteiger partial charge in [-0.15, -0.1) is 0 Å². The lowest BCUT2D eigenvalue weighted by molar-refractivity contribution is -0.139. The van der Waals surface area contributed by atoms with Gasteiger partial charge in [-0.05, 0) is 30.2 Å². The second-order valence-corrected chi connectivity index (χ2v) is 4.57. The number of hydrogen-bond acceptors (Lipinski definition) is 2. The number of hydrogen-bond donors (Lipinski definition) is 2. The Kier molecular flexibility index (Phi) is 4.04. The van der Waals surface area contributed by atoms with E-state index in [1.165, 1.54) is 6.07 Å². The van der Waals surface area contributed by atoms with Crippen molar-refractivity contribution < 1.29 is 14.3 Å². The molecule has 0 amide bonds. The van der Waals surface area contributed by atoms with Crippen LogP contribution in [0.3, 0.4) is 0 Å². The zero-order valence-electron chi connectivity index (χ0n) is 9.00. The number of carboxylic acid groups (broad SMARTS) is 1. The quantitative estimate of drug-likeness (QED) is 0.898. The number of rotatable bonds is 3. The molecule has 3 nitrogen and oxygen atoms in total. The number of carboxylic acids is 1. The van der Waals surface area contributed by atoms with E-state index in [0.29, 0.717) is 11.1 Å². The zero-order chi connectivity index (χ0) is 12.5. The molecule has 88 valence electrons. The van der Waals surface area contributed by atoms with Crippen LogP contribution in [0, 0.1) is 12.7 Å². The Morgan fingerprint density at radius 1 is 1.56 bits per heavy atom. The molecular weight excluding hydrogens is 277 g/mol. The second-order valence-electron chi connectivity index (χ2n) is 3.72. The third kappa shape index (κ3) is 2.41. The van der Waals surface area contributed by atoms with Gasteiger partial charge in [0.15, 0.2) is 0 Å². The molecule has 1 unspecified atom stereocenters. The van der Waals surface area contributed by atoms with Crippen molar-refractivity contribution in [1.82, 2.24) is 0 Å². The van der Waals surface area contributed by atoms with Crippen LogP contribution in [-0.2, 0) is 4.79 Å². The first-order valence-electron chi connectivity index (χ1n) is 4.79. The van der Waals surface area contributed by atoms with Gasteiger partial charge in [0.2, 0.25) is 0 Å². The number of benzene rings is 1. The molecule has 0 aliphatic rings. The van der Waals surface area contributed by atoms with Crippen molar-refractivity contribution in [3.63, 3.8) is 0 Å². The van der Waals surface area contributed by atoms with Gasteiger partial charge in [-0.1, -0.05) is 22.9 Å². The van der Waals surface area contributed by atoms with Gasteiger partial charge in [0.1, 0.15) is 11.9 Å². The van der Waals surface area contributed by atoms with E-state index in [1.54, 1.807) is 19.9 Å². The summed E-state index contributed by atoms with van der Waals surface area (Å²) in [4.78, 5) is 10.8. The number of halogens is 2. The Morgan fingerprint density at radius 3 is 2.62 bits per heavy atom. The molecule has 0 spiro atoms. The minimum atomic E-state index is -1.13. The highest BCUT2D eigenvalue weighted by atomic mass is 79.9. The fourth-order valence-electron chi connectivity index (χ4n) is 1.62. The standard InChI is InChI=1S/C11H13BrFNO2/c1-5-7(12)3-4-8(13)9(5)6(2)10(14)11(15)16/h3-4,6,10H,14H2,1-2H3,(H,15,16)/t6?,10-/m0/s1. The number of nitrogens with two attached hydrogens (primary N) is 1. The van der Waals surface area contributed by atoms with Crippen LogP contribution >= 0.6 is 15.9 Å². The zero-order valence-corrected chi connectivity index (χ0v) is 10.6. The molecule has 2 atom stereocenters. The first-order chi connectivity index (χ1) is 7.36. The highest BCUT2D eigenvalue weighted by molar-refractivity contribution is 9.10. The third-order valence-corrected chi connectivity index (χ3v) is 3.53. The van der Waals surface area contributed by atoms with E-state index in [0.717, 1.165) is 4.47 Å². The normalized spacial score (nSPS) is 14.6. The minimum Gasteiger partial charge on any atom is -0.480 e. The molecular formula is C11H13BrFNO2. The summed E-state index contributed by atoms with van der Waals surface area (Å²) < 4.78 is 14.4. The van der Waals surface area contributed by atoms with Crippen LogP contribution in [0.15, 0.2) is 16.6 Å². The summed E-state index contributed by atoms with van der Waals surface area (Å²) in [6.07, 6.45) is 0. The van der Waals surface area contributed by atoms with Crippen molar-refractivity contribution in [3.05, 3.63) is 33.5 Å². The van der Waals surface area contributed by atoms with E-state index >= 15 is 0 Å². The van der Waals surface area contributed by atoms with Gasteiger partial charge in [0.05, 0.1) is 0 Å². The lowest BCUT2D eigenvalue weighted by atomic mass is 9.90. The summed E-state index contributed by atoms with van der Waals surface area (Å²) in [7, 11) is 0. The highest BCUT2D eigenvalue weighted by Crippen LogP contribution is 2.29. The molecule has 16 heavy (non-hydrogen) atoms. The molecule has 1 aromatic rings. The molecule has 0 saturated carbocycles. The summed E-state index contributed by atoms with van der Waals surface area (Å²) in [6.45, 7) is 3.34. The first-order valence-corrected chi connectivity index (χ1v) is 5.58. The molecule has 5 heteroatoms. The van der Waals surface area contributed by atoms with Crippen molar-refractivity contribution in [2.45, 2.75) is 25.8 Å². The topological polar surface area (TPSA) is 63.3 Å². The maximum absolute atomic E-state index is 13.6. The van der Waals surface area contributed by atoms with Crippen molar-refractivity contribution in [3.8, 4) is 0 Å². The molecule has 1 aromatic carbocycles. The van der Waals surface area contributed by atoms with E-state index in [9.17, 15) is 9.18 Å². The van der Waals surface area contributed by atoms with Gasteiger partial charge in [-0.25, -0.2) is 4.39 Å². The average molecular weight is 290 g/mol. The summed E-state index contributed by atoms with van der Waals surface area (Å²) in [5, 5.41) is 8.81. The Balaban J connectivity index is 3.22. The van der Waals surface area contributed by atoms with Gasteiger partial charge in [-0.3, -0.25) is 4.79 Å². The molecule has 0 bridgehead atoms. The molecule has 0 fully saturated rings. The van der Waals surface area contributed by atoms with Crippen molar-refractivity contribution in [1.29, 1.82) is 0 Å². The van der Waals surface area contributed by atoms with E-state index in [1.807, 2.05) is 0 Å². The van der Waals surface area contributed by atoms with Crippen LogP contribution in [0.25, 0.3) is 0 Å². The van der Waals surface area contributed by atoms with Crippen LogP contribution in [0.1, 0.15) is 24.0 Å². The summed E-state index contributed by atoms with van der Waals surface area (Å²) >= 11 is 3.28. The molecule has 0 aliphatic carbocycles.